The van der Waals surface area contributed by atoms with Gasteiger partial charge in [-0.15, -0.1) is 0 Å². The molecular formula is C28H33NO3. The van der Waals surface area contributed by atoms with Gasteiger partial charge in [0.15, 0.2) is 5.78 Å². The van der Waals surface area contributed by atoms with Crippen molar-refractivity contribution in [1.29, 1.82) is 0 Å². The maximum absolute atomic E-state index is 13.2. The molecular weight excluding hydrogens is 398 g/mol. The van der Waals surface area contributed by atoms with Gasteiger partial charge in [0.05, 0.1) is 12.2 Å². The van der Waals surface area contributed by atoms with Crippen LogP contribution < -0.4 is 10.1 Å². The number of carbonyl (C=O) groups is 2. The monoisotopic (exact) mass is 431 g/mol. The first-order valence-corrected chi connectivity index (χ1v) is 11.4. The molecule has 0 saturated heterocycles. The third kappa shape index (κ3) is 6.43. The van der Waals surface area contributed by atoms with Crippen LogP contribution in [0.1, 0.15) is 56.0 Å². The first-order chi connectivity index (χ1) is 15.4. The lowest BCUT2D eigenvalue weighted by Crippen LogP contribution is -2.35. The summed E-state index contributed by atoms with van der Waals surface area (Å²) in [4.78, 5) is 25.2. The van der Waals surface area contributed by atoms with Gasteiger partial charge in [-0.05, 0) is 41.7 Å². The fourth-order valence-corrected chi connectivity index (χ4v) is 3.60. The number of nitrogens with one attached hydrogen (secondary N) is 1. The van der Waals surface area contributed by atoms with Crippen molar-refractivity contribution < 1.29 is 14.3 Å². The molecule has 168 valence electrons. The number of amides is 1. The highest BCUT2D eigenvalue weighted by atomic mass is 16.5. The molecule has 0 radical (unpaired) electrons. The van der Waals surface area contributed by atoms with Crippen molar-refractivity contribution in [2.24, 2.45) is 5.41 Å². The molecule has 1 N–H and O–H groups in total. The molecule has 0 heterocycles. The van der Waals surface area contributed by atoms with Crippen molar-refractivity contribution in [2.45, 2.75) is 46.5 Å². The Labute approximate surface area is 191 Å². The Morgan fingerprint density at radius 1 is 0.875 bits per heavy atom. The molecule has 32 heavy (non-hydrogen) atoms. The molecule has 4 nitrogen and oxygen atoms in total. The van der Waals surface area contributed by atoms with Gasteiger partial charge in [0.25, 0.3) is 0 Å². The van der Waals surface area contributed by atoms with Crippen LogP contribution in [0.5, 0.6) is 5.75 Å². The molecule has 0 aliphatic carbocycles. The number of rotatable bonds is 10. The van der Waals surface area contributed by atoms with Crippen molar-refractivity contribution in [3.63, 3.8) is 0 Å². The van der Waals surface area contributed by atoms with Crippen LogP contribution in [0.15, 0.2) is 66.7 Å². The third-order valence-corrected chi connectivity index (χ3v) is 5.43. The lowest BCUT2D eigenvalue weighted by atomic mass is 9.96. The zero-order valence-corrected chi connectivity index (χ0v) is 19.3. The van der Waals surface area contributed by atoms with Gasteiger partial charge in [-0.25, -0.2) is 0 Å². The molecule has 0 aliphatic heterocycles. The fraction of sp³-hybridized carbons (Fsp3) is 0.357. The van der Waals surface area contributed by atoms with E-state index in [9.17, 15) is 9.59 Å². The minimum atomic E-state index is -0.404. The van der Waals surface area contributed by atoms with Gasteiger partial charge in [0.2, 0.25) is 5.91 Å². The molecule has 0 aliphatic rings. The average molecular weight is 432 g/mol. The van der Waals surface area contributed by atoms with Gasteiger partial charge in [-0.2, -0.15) is 0 Å². The Hall–Kier alpha value is -3.14. The highest BCUT2D eigenvalue weighted by Crippen LogP contribution is 2.30. The van der Waals surface area contributed by atoms with Crippen LogP contribution in [0.2, 0.25) is 0 Å². The van der Waals surface area contributed by atoms with E-state index in [1.807, 2.05) is 75.4 Å². The summed E-state index contributed by atoms with van der Waals surface area (Å²) in [6.45, 7) is 6.66. The predicted molar refractivity (Wildman–Crippen MR) is 130 cm³/mol. The second-order valence-electron chi connectivity index (χ2n) is 9.13. The quantitative estimate of drug-likeness (QED) is 0.317. The van der Waals surface area contributed by atoms with E-state index < -0.39 is 5.41 Å². The van der Waals surface area contributed by atoms with Gasteiger partial charge in [-0.3, -0.25) is 9.59 Å². The molecule has 0 atom stereocenters. The molecule has 0 fully saturated rings. The van der Waals surface area contributed by atoms with E-state index in [4.69, 9.17) is 4.74 Å². The van der Waals surface area contributed by atoms with Gasteiger partial charge >= 0.3 is 0 Å². The Balaban J connectivity index is 1.65. The lowest BCUT2D eigenvalue weighted by molar-refractivity contribution is -0.128. The summed E-state index contributed by atoms with van der Waals surface area (Å²) in [6, 6.07) is 22.0. The van der Waals surface area contributed by atoms with Crippen molar-refractivity contribution in [1.82, 2.24) is 5.32 Å². The molecule has 0 spiro atoms. The van der Waals surface area contributed by atoms with Crippen molar-refractivity contribution in [3.8, 4) is 5.75 Å². The Bertz CT molecular complexity index is 1050. The van der Waals surface area contributed by atoms with Gasteiger partial charge in [0.1, 0.15) is 5.75 Å². The molecule has 0 aromatic heterocycles. The number of aryl methyl sites for hydroxylation is 1. The normalized spacial score (nSPS) is 11.3. The fourth-order valence-electron chi connectivity index (χ4n) is 3.60. The number of Topliss-reactive ketones (excluding diaryl/α,β-unsaturated/α-hetero) is 1. The third-order valence-electron chi connectivity index (χ3n) is 5.43. The minimum Gasteiger partial charge on any atom is -0.493 e. The van der Waals surface area contributed by atoms with Gasteiger partial charge < -0.3 is 10.1 Å². The highest BCUT2D eigenvalue weighted by Gasteiger charge is 2.20. The zero-order chi connectivity index (χ0) is 23.0. The van der Waals surface area contributed by atoms with Crippen LogP contribution in [0.25, 0.3) is 10.8 Å². The summed E-state index contributed by atoms with van der Waals surface area (Å²) in [7, 11) is 0. The summed E-state index contributed by atoms with van der Waals surface area (Å²) in [6.07, 6.45) is 2.82. The van der Waals surface area contributed by atoms with Crippen LogP contribution in [0.3, 0.4) is 0 Å². The molecule has 4 heteroatoms. The molecule has 3 aromatic carbocycles. The van der Waals surface area contributed by atoms with E-state index in [1.54, 1.807) is 0 Å². The number of ether oxygens (including phenoxy) is 1. The van der Waals surface area contributed by atoms with Crippen molar-refractivity contribution in [2.75, 3.05) is 13.2 Å². The Morgan fingerprint density at radius 2 is 1.59 bits per heavy atom. The van der Waals surface area contributed by atoms with E-state index in [-0.39, 0.29) is 11.7 Å². The van der Waals surface area contributed by atoms with Crippen LogP contribution >= 0.6 is 0 Å². The van der Waals surface area contributed by atoms with E-state index >= 15 is 0 Å². The summed E-state index contributed by atoms with van der Waals surface area (Å²) in [5.74, 6) is 0.752. The number of carbonyl (C=O) groups excluding carboxylic acids is 2. The SMILES string of the molecule is CC(C)(C)C(=O)NCCCOc1ccc2ccccc2c1C(=O)CCCc1ccccc1. The first kappa shape index (κ1) is 23.5. The largest absolute Gasteiger partial charge is 0.493 e. The second kappa shape index (κ2) is 10.9. The number of benzene rings is 3. The predicted octanol–water partition coefficient (Wildman–Crippen LogP) is 5.98. The smallest absolute Gasteiger partial charge is 0.225 e. The number of hydrogen-bond acceptors (Lipinski definition) is 3. The van der Waals surface area contributed by atoms with Gasteiger partial charge in [-0.1, -0.05) is 81.4 Å². The number of hydrogen-bond donors (Lipinski definition) is 1. The lowest BCUT2D eigenvalue weighted by Gasteiger charge is -2.18. The molecule has 0 bridgehead atoms. The summed E-state index contributed by atoms with van der Waals surface area (Å²) < 4.78 is 6.03. The molecule has 3 aromatic rings. The Kier molecular flexibility index (Phi) is 8.04. The van der Waals surface area contributed by atoms with Crippen LogP contribution in [0.4, 0.5) is 0 Å². The van der Waals surface area contributed by atoms with Gasteiger partial charge in [0, 0.05) is 18.4 Å². The maximum Gasteiger partial charge on any atom is 0.225 e. The standard InChI is InChI=1S/C28H33NO3/c1-28(2,3)27(31)29-19-10-20-32-25-18-17-22-14-7-8-15-23(22)26(25)24(30)16-9-13-21-11-5-4-6-12-21/h4-8,11-12,14-15,17-18H,9-10,13,16,19-20H2,1-3H3,(H,29,31). The summed E-state index contributed by atoms with van der Waals surface area (Å²) >= 11 is 0. The molecule has 0 saturated carbocycles. The average Bonchev–Trinajstić information content (AvgIpc) is 2.78. The zero-order valence-electron chi connectivity index (χ0n) is 19.3. The molecule has 1 amide bonds. The van der Waals surface area contributed by atoms with E-state index in [0.29, 0.717) is 37.3 Å². The van der Waals surface area contributed by atoms with Crippen LogP contribution in [-0.2, 0) is 11.2 Å². The Morgan fingerprint density at radius 3 is 2.34 bits per heavy atom. The minimum absolute atomic E-state index is 0.0255. The summed E-state index contributed by atoms with van der Waals surface area (Å²) in [5.41, 5.74) is 1.50. The molecule has 0 unspecified atom stereocenters. The maximum atomic E-state index is 13.2. The first-order valence-electron chi connectivity index (χ1n) is 11.4. The number of fused-ring (bicyclic) bond motifs is 1. The van der Waals surface area contributed by atoms with E-state index in [1.165, 1.54) is 5.56 Å². The van der Waals surface area contributed by atoms with Crippen LogP contribution in [-0.4, -0.2) is 24.8 Å². The highest BCUT2D eigenvalue weighted by molar-refractivity contribution is 6.10. The molecule has 3 rings (SSSR count). The van der Waals surface area contributed by atoms with E-state index in [0.717, 1.165) is 23.6 Å². The second-order valence-corrected chi connectivity index (χ2v) is 9.13. The van der Waals surface area contributed by atoms with Crippen molar-refractivity contribution >= 4 is 22.5 Å². The number of ketones is 1. The van der Waals surface area contributed by atoms with Crippen molar-refractivity contribution in [3.05, 3.63) is 77.9 Å². The van der Waals surface area contributed by atoms with Crippen LogP contribution in [0, 0.1) is 5.41 Å². The summed E-state index contributed by atoms with van der Waals surface area (Å²) in [5, 5.41) is 4.89. The topological polar surface area (TPSA) is 55.4 Å². The van der Waals surface area contributed by atoms with E-state index in [2.05, 4.69) is 17.4 Å².